The highest BCUT2D eigenvalue weighted by Crippen LogP contribution is 2.38. The molecule has 0 radical (unpaired) electrons. The highest BCUT2D eigenvalue weighted by atomic mass is 19.4. The van der Waals surface area contributed by atoms with Crippen molar-refractivity contribution in [3.05, 3.63) is 125 Å². The first-order chi connectivity index (χ1) is 24.0. The van der Waals surface area contributed by atoms with Crippen LogP contribution in [0.1, 0.15) is 70.7 Å². The molecule has 8 rings (SSSR count). The number of benzene rings is 2. The van der Waals surface area contributed by atoms with Gasteiger partial charge in [0.05, 0.1) is 24.5 Å². The Balaban J connectivity index is 0.000000157. The molecule has 0 amide bonds. The van der Waals surface area contributed by atoms with Crippen LogP contribution in [0.3, 0.4) is 0 Å². The van der Waals surface area contributed by atoms with E-state index >= 15 is 0 Å². The summed E-state index contributed by atoms with van der Waals surface area (Å²) in [5.41, 5.74) is 3.95. The van der Waals surface area contributed by atoms with Crippen molar-refractivity contribution >= 4 is 0 Å². The van der Waals surface area contributed by atoms with Crippen LogP contribution >= 0.6 is 0 Å². The minimum absolute atomic E-state index is 0.352. The fourth-order valence-electron chi connectivity index (χ4n) is 6.65. The second-order valence-corrected chi connectivity index (χ2v) is 12.4. The van der Waals surface area contributed by atoms with Gasteiger partial charge in [-0.3, -0.25) is 4.68 Å². The SMILES string of the molecule is FC(F)(F)c1nn(-c2ccc(Cn3cccn3)cc2)c2c1CCCC2.FC(F)(F)c1nn(-c2ccc(Cn3cncn3)cc2)c2c1CCCC2. The number of halogens is 6. The highest BCUT2D eigenvalue weighted by molar-refractivity contribution is 5.42. The monoisotopic (exact) mass is 693 g/mol. The summed E-state index contributed by atoms with van der Waals surface area (Å²) in [7, 11) is 0. The Morgan fingerprint density at radius 3 is 1.48 bits per heavy atom. The molecule has 4 aromatic heterocycles. The molecular weight excluding hydrogens is 660 g/mol. The topological polar surface area (TPSA) is 84.2 Å². The molecule has 0 spiro atoms. The number of hydrogen-bond acceptors (Lipinski definition) is 5. The van der Waals surface area contributed by atoms with Crippen LogP contribution < -0.4 is 0 Å². The van der Waals surface area contributed by atoms with Gasteiger partial charge < -0.3 is 0 Å². The van der Waals surface area contributed by atoms with Crippen LogP contribution in [0, 0.1) is 0 Å². The molecule has 4 heterocycles. The zero-order chi connectivity index (χ0) is 34.9. The Labute approximate surface area is 283 Å². The van der Waals surface area contributed by atoms with E-state index in [9.17, 15) is 26.3 Å². The zero-order valence-electron chi connectivity index (χ0n) is 26.9. The molecule has 9 nitrogen and oxygen atoms in total. The van der Waals surface area contributed by atoms with E-state index in [-0.39, 0.29) is 0 Å². The summed E-state index contributed by atoms with van der Waals surface area (Å²) in [6.45, 7) is 1.18. The zero-order valence-corrected chi connectivity index (χ0v) is 26.9. The Hall–Kier alpha value is -5.21. The first-order valence-corrected chi connectivity index (χ1v) is 16.4. The maximum atomic E-state index is 13.3. The number of nitrogens with zero attached hydrogens (tertiary/aromatic N) is 9. The Morgan fingerprint density at radius 1 is 0.580 bits per heavy atom. The molecule has 6 aromatic rings. The van der Waals surface area contributed by atoms with E-state index in [4.69, 9.17) is 0 Å². The van der Waals surface area contributed by atoms with Crippen LogP contribution in [0.15, 0.2) is 79.6 Å². The second-order valence-electron chi connectivity index (χ2n) is 12.4. The average Bonchev–Trinajstić information content (AvgIpc) is 3.92. The van der Waals surface area contributed by atoms with Crippen molar-refractivity contribution in [3.8, 4) is 11.4 Å². The van der Waals surface area contributed by atoms with Gasteiger partial charge in [-0.25, -0.2) is 19.0 Å². The van der Waals surface area contributed by atoms with Gasteiger partial charge in [0.25, 0.3) is 0 Å². The van der Waals surface area contributed by atoms with E-state index in [0.29, 0.717) is 72.7 Å². The van der Waals surface area contributed by atoms with E-state index in [1.165, 1.54) is 15.7 Å². The first-order valence-electron chi connectivity index (χ1n) is 16.4. The fourth-order valence-corrected chi connectivity index (χ4v) is 6.65. The standard InChI is InChI=1S/C18H17F3N4.C17H16F3N5/c19-18(20,21)17-15-4-1-2-5-16(15)25(23-17)14-8-6-13(7-9-14)12-24-11-3-10-22-24;18-17(19,20)16-14-3-1-2-4-15(14)25(23-16)13-7-5-12(6-8-13)9-24-11-21-10-22-24/h3,6-11H,1-2,4-5,12H2;5-8,10-11H,1-4,9H2. The van der Waals surface area contributed by atoms with Gasteiger partial charge in [-0.05, 0) is 92.8 Å². The molecule has 260 valence electrons. The number of rotatable bonds is 6. The maximum Gasteiger partial charge on any atom is 0.435 e. The Kier molecular flexibility index (Phi) is 9.05. The largest absolute Gasteiger partial charge is 0.435 e. The van der Waals surface area contributed by atoms with Crippen molar-refractivity contribution in [2.75, 3.05) is 0 Å². The molecule has 0 unspecified atom stereocenters. The molecule has 50 heavy (non-hydrogen) atoms. The summed E-state index contributed by atoms with van der Waals surface area (Å²) in [6, 6.07) is 16.7. The number of alkyl halides is 6. The van der Waals surface area contributed by atoms with E-state index < -0.39 is 23.7 Å². The summed E-state index contributed by atoms with van der Waals surface area (Å²) < 4.78 is 86.2. The minimum atomic E-state index is -4.42. The lowest BCUT2D eigenvalue weighted by Gasteiger charge is -2.15. The lowest BCUT2D eigenvalue weighted by atomic mass is 9.95. The Morgan fingerprint density at radius 2 is 1.06 bits per heavy atom. The van der Waals surface area contributed by atoms with Crippen molar-refractivity contribution in [1.29, 1.82) is 0 Å². The number of hydrogen-bond donors (Lipinski definition) is 0. The van der Waals surface area contributed by atoms with Crippen molar-refractivity contribution in [1.82, 2.24) is 44.1 Å². The lowest BCUT2D eigenvalue weighted by Crippen LogP contribution is -2.11. The van der Waals surface area contributed by atoms with Crippen LogP contribution in [0.4, 0.5) is 26.3 Å². The molecule has 0 saturated heterocycles. The predicted molar refractivity (Wildman–Crippen MR) is 171 cm³/mol. The molecule has 0 bridgehead atoms. The van der Waals surface area contributed by atoms with Crippen molar-refractivity contribution in [3.63, 3.8) is 0 Å². The smallest absolute Gasteiger partial charge is 0.268 e. The minimum Gasteiger partial charge on any atom is -0.268 e. The molecule has 15 heteroatoms. The normalized spacial score (nSPS) is 14.5. The summed E-state index contributed by atoms with van der Waals surface area (Å²) in [4.78, 5) is 3.89. The first kappa shape index (κ1) is 33.3. The lowest BCUT2D eigenvalue weighted by molar-refractivity contribution is -0.142. The van der Waals surface area contributed by atoms with E-state index in [0.717, 1.165) is 36.8 Å². The average molecular weight is 694 g/mol. The molecule has 0 atom stereocenters. The third-order valence-electron chi connectivity index (χ3n) is 8.97. The molecule has 0 N–H and O–H groups in total. The van der Waals surface area contributed by atoms with Gasteiger partial charge in [-0.2, -0.15) is 46.7 Å². The summed E-state index contributed by atoms with van der Waals surface area (Å²) >= 11 is 0. The van der Waals surface area contributed by atoms with Crippen LogP contribution in [0.2, 0.25) is 0 Å². The highest BCUT2D eigenvalue weighted by Gasteiger charge is 2.40. The quantitative estimate of drug-likeness (QED) is 0.170. The van der Waals surface area contributed by atoms with Crippen LogP contribution in [-0.4, -0.2) is 44.1 Å². The third-order valence-corrected chi connectivity index (χ3v) is 8.97. The summed E-state index contributed by atoms with van der Waals surface area (Å²) in [6.07, 6.45) is 3.32. The van der Waals surface area contributed by atoms with Crippen molar-refractivity contribution in [2.45, 2.75) is 76.8 Å². The van der Waals surface area contributed by atoms with Gasteiger partial charge in [0.15, 0.2) is 11.4 Å². The third kappa shape index (κ3) is 7.07. The van der Waals surface area contributed by atoms with E-state index in [2.05, 4.69) is 25.4 Å². The summed E-state index contributed by atoms with van der Waals surface area (Å²) in [5, 5.41) is 16.0. The van der Waals surface area contributed by atoms with Gasteiger partial charge in [0, 0.05) is 34.9 Å². The molecule has 0 aliphatic heterocycles. The number of fused-ring (bicyclic) bond motifs is 2. The predicted octanol–water partition coefficient (Wildman–Crippen LogP) is 7.42. The van der Waals surface area contributed by atoms with Crippen LogP contribution in [0.5, 0.6) is 0 Å². The van der Waals surface area contributed by atoms with Gasteiger partial charge >= 0.3 is 12.4 Å². The van der Waals surface area contributed by atoms with Gasteiger partial charge in [-0.1, -0.05) is 24.3 Å². The van der Waals surface area contributed by atoms with Crippen molar-refractivity contribution < 1.29 is 26.3 Å². The molecule has 2 aliphatic rings. The molecule has 2 aromatic carbocycles. The molecule has 0 fully saturated rings. The number of aromatic nitrogens is 9. The van der Waals surface area contributed by atoms with Crippen LogP contribution in [-0.2, 0) is 51.1 Å². The molecular formula is C35H33F6N9. The van der Waals surface area contributed by atoms with Gasteiger partial charge in [0.1, 0.15) is 12.7 Å². The van der Waals surface area contributed by atoms with Gasteiger partial charge in [-0.15, -0.1) is 0 Å². The fraction of sp³-hybridized carbons (Fsp3) is 0.343. The molecule has 2 aliphatic carbocycles. The molecule has 0 saturated carbocycles. The van der Waals surface area contributed by atoms with Crippen molar-refractivity contribution in [2.24, 2.45) is 0 Å². The summed E-state index contributed by atoms with van der Waals surface area (Å²) in [5.74, 6) is 0. The maximum absolute atomic E-state index is 13.3. The van der Waals surface area contributed by atoms with Gasteiger partial charge in [0.2, 0.25) is 0 Å². The van der Waals surface area contributed by atoms with Crippen LogP contribution in [0.25, 0.3) is 11.4 Å². The Bertz CT molecular complexity index is 1870. The van der Waals surface area contributed by atoms with E-state index in [1.807, 2.05) is 48.7 Å². The second kappa shape index (κ2) is 13.6. The van der Waals surface area contributed by atoms with E-state index in [1.54, 1.807) is 34.0 Å².